The van der Waals surface area contributed by atoms with Crippen molar-refractivity contribution in [1.82, 2.24) is 20.4 Å². The number of rotatable bonds is 7. The minimum absolute atomic E-state index is 0.0567. The van der Waals surface area contributed by atoms with Gasteiger partial charge < -0.3 is 15.6 Å². The number of aromatic nitrogens is 2. The molecule has 0 spiro atoms. The van der Waals surface area contributed by atoms with Gasteiger partial charge in [0.2, 0.25) is 17.7 Å². The topological polar surface area (TPSA) is 114 Å². The van der Waals surface area contributed by atoms with Crippen LogP contribution in [0.1, 0.15) is 29.4 Å². The van der Waals surface area contributed by atoms with Gasteiger partial charge >= 0.3 is 0 Å². The Morgan fingerprint density at radius 1 is 1.48 bits per heavy atom. The quantitative estimate of drug-likeness (QED) is 0.742. The van der Waals surface area contributed by atoms with Gasteiger partial charge in [0.1, 0.15) is 0 Å². The molecule has 3 rings (SSSR count). The number of thiophene rings is 1. The summed E-state index contributed by atoms with van der Waals surface area (Å²) in [4.78, 5) is 30.7. The summed E-state index contributed by atoms with van der Waals surface area (Å²) in [7, 11) is 0. The molecule has 134 valence electrons. The maximum Gasteiger partial charge on any atom is 0.231 e. The molecular formula is C16H21N5O3S. The number of amides is 2. The number of nitrogens with one attached hydrogen (secondary N) is 1. The molecule has 1 atom stereocenters. The zero-order valence-corrected chi connectivity index (χ0v) is 14.6. The zero-order chi connectivity index (χ0) is 17.6. The second-order valence-corrected chi connectivity index (χ2v) is 7.15. The van der Waals surface area contributed by atoms with Crippen LogP contribution in [-0.2, 0) is 22.6 Å². The Labute approximate surface area is 149 Å². The Hall–Kier alpha value is -2.26. The Balaban J connectivity index is 1.47. The molecule has 3 N–H and O–H groups in total. The van der Waals surface area contributed by atoms with Crippen LogP contribution >= 0.6 is 11.3 Å². The lowest BCUT2D eigenvalue weighted by Gasteiger charge is -2.30. The Bertz CT molecular complexity index is 715. The van der Waals surface area contributed by atoms with E-state index in [9.17, 15) is 9.59 Å². The van der Waals surface area contributed by atoms with E-state index in [2.05, 4.69) is 15.5 Å². The fourth-order valence-electron chi connectivity index (χ4n) is 2.94. The van der Waals surface area contributed by atoms with Gasteiger partial charge in [-0.05, 0) is 30.8 Å². The van der Waals surface area contributed by atoms with Crippen molar-refractivity contribution >= 4 is 23.2 Å². The first-order chi connectivity index (χ1) is 12.1. The third kappa shape index (κ3) is 5.10. The van der Waals surface area contributed by atoms with Crippen LogP contribution in [0.5, 0.6) is 0 Å². The molecule has 8 nitrogen and oxygen atoms in total. The Kier molecular flexibility index (Phi) is 5.77. The highest BCUT2D eigenvalue weighted by molar-refractivity contribution is 7.09. The molecule has 0 unspecified atom stereocenters. The van der Waals surface area contributed by atoms with Crippen molar-refractivity contribution in [3.63, 3.8) is 0 Å². The number of hydrogen-bond donors (Lipinski definition) is 2. The first kappa shape index (κ1) is 17.6. The number of hydrogen-bond acceptors (Lipinski definition) is 7. The van der Waals surface area contributed by atoms with E-state index in [-0.39, 0.29) is 30.8 Å². The van der Waals surface area contributed by atoms with E-state index in [1.54, 1.807) is 11.3 Å². The maximum absolute atomic E-state index is 12.3. The van der Waals surface area contributed by atoms with Gasteiger partial charge in [-0.2, -0.15) is 4.98 Å². The van der Waals surface area contributed by atoms with Crippen molar-refractivity contribution < 1.29 is 14.1 Å². The molecule has 0 saturated carbocycles. The lowest BCUT2D eigenvalue weighted by molar-refractivity contribution is -0.128. The molecule has 1 fully saturated rings. The molecule has 9 heteroatoms. The summed E-state index contributed by atoms with van der Waals surface area (Å²) < 4.78 is 5.21. The average molecular weight is 363 g/mol. The molecule has 0 bridgehead atoms. The van der Waals surface area contributed by atoms with Crippen LogP contribution < -0.4 is 11.1 Å². The molecular weight excluding hydrogens is 342 g/mol. The molecule has 1 aliphatic heterocycles. The summed E-state index contributed by atoms with van der Waals surface area (Å²) in [6.45, 7) is 1.77. The van der Waals surface area contributed by atoms with Crippen LogP contribution in [-0.4, -0.2) is 46.5 Å². The van der Waals surface area contributed by atoms with E-state index in [0.29, 0.717) is 24.7 Å². The summed E-state index contributed by atoms with van der Waals surface area (Å²) in [5, 5.41) is 8.75. The Morgan fingerprint density at radius 3 is 3.12 bits per heavy atom. The standard InChI is InChI=1S/C16H21N5O3S/c17-13(22)10-21-5-1-3-11(9-21)16(23)18-8-14-19-15(24-20-14)7-12-4-2-6-25-12/h2,4,6,11H,1,3,5,7-10H2,(H2,17,22)(H,18,23)/t11-/m0/s1. The van der Waals surface area contributed by atoms with Crippen LogP contribution in [0.25, 0.3) is 0 Å². The minimum Gasteiger partial charge on any atom is -0.369 e. The lowest BCUT2D eigenvalue weighted by Crippen LogP contribution is -2.45. The second kappa shape index (κ2) is 8.21. The van der Waals surface area contributed by atoms with Gasteiger partial charge in [0.05, 0.1) is 25.4 Å². The fraction of sp³-hybridized carbons (Fsp3) is 0.500. The summed E-state index contributed by atoms with van der Waals surface area (Å²) >= 11 is 1.63. The maximum atomic E-state index is 12.3. The van der Waals surface area contributed by atoms with Crippen LogP contribution in [0.4, 0.5) is 0 Å². The summed E-state index contributed by atoms with van der Waals surface area (Å²) in [6, 6.07) is 3.99. The number of piperidine rings is 1. The predicted octanol–water partition coefficient (Wildman–Crippen LogP) is 0.535. The van der Waals surface area contributed by atoms with Crippen molar-refractivity contribution in [2.24, 2.45) is 11.7 Å². The second-order valence-electron chi connectivity index (χ2n) is 6.12. The molecule has 25 heavy (non-hydrogen) atoms. The van der Waals surface area contributed by atoms with E-state index < -0.39 is 0 Å². The third-order valence-electron chi connectivity index (χ3n) is 4.09. The van der Waals surface area contributed by atoms with Gasteiger partial charge in [-0.25, -0.2) is 0 Å². The van der Waals surface area contributed by atoms with Crippen molar-refractivity contribution in [2.75, 3.05) is 19.6 Å². The SMILES string of the molecule is NC(=O)CN1CCC[C@H](C(=O)NCc2noc(Cc3cccs3)n2)C1. The highest BCUT2D eigenvalue weighted by Crippen LogP contribution is 2.17. The van der Waals surface area contributed by atoms with Crippen LogP contribution in [0.15, 0.2) is 22.0 Å². The number of nitrogens with zero attached hydrogens (tertiary/aromatic N) is 3. The van der Waals surface area contributed by atoms with Gasteiger partial charge in [-0.3, -0.25) is 14.5 Å². The van der Waals surface area contributed by atoms with Crippen LogP contribution in [0.3, 0.4) is 0 Å². The largest absolute Gasteiger partial charge is 0.369 e. The number of nitrogens with two attached hydrogens (primary N) is 1. The molecule has 2 aromatic rings. The molecule has 1 aliphatic rings. The predicted molar refractivity (Wildman–Crippen MR) is 91.6 cm³/mol. The van der Waals surface area contributed by atoms with E-state index in [0.717, 1.165) is 24.3 Å². The van der Waals surface area contributed by atoms with Gasteiger partial charge in [-0.15, -0.1) is 11.3 Å². The van der Waals surface area contributed by atoms with E-state index >= 15 is 0 Å². The number of carbonyl (C=O) groups is 2. The van der Waals surface area contributed by atoms with E-state index in [1.807, 2.05) is 22.4 Å². The highest BCUT2D eigenvalue weighted by atomic mass is 32.1. The summed E-state index contributed by atoms with van der Waals surface area (Å²) in [5.74, 6) is 0.428. The minimum atomic E-state index is -0.369. The summed E-state index contributed by atoms with van der Waals surface area (Å²) in [5.41, 5.74) is 5.22. The van der Waals surface area contributed by atoms with Gasteiger partial charge in [-0.1, -0.05) is 11.2 Å². The number of likely N-dealkylation sites (tertiary alicyclic amines) is 1. The first-order valence-electron chi connectivity index (χ1n) is 8.22. The monoisotopic (exact) mass is 363 g/mol. The van der Waals surface area contributed by atoms with E-state index in [1.165, 1.54) is 0 Å². The van der Waals surface area contributed by atoms with Crippen molar-refractivity contribution in [3.05, 3.63) is 34.1 Å². The molecule has 0 aliphatic carbocycles. The average Bonchev–Trinajstić information content (AvgIpc) is 3.25. The molecule has 2 amide bonds. The molecule has 0 radical (unpaired) electrons. The van der Waals surface area contributed by atoms with Crippen molar-refractivity contribution in [2.45, 2.75) is 25.8 Å². The highest BCUT2D eigenvalue weighted by Gasteiger charge is 2.26. The molecule has 1 saturated heterocycles. The third-order valence-corrected chi connectivity index (χ3v) is 4.97. The van der Waals surface area contributed by atoms with Gasteiger partial charge in [0, 0.05) is 11.4 Å². The molecule has 3 heterocycles. The van der Waals surface area contributed by atoms with Crippen molar-refractivity contribution in [1.29, 1.82) is 0 Å². The first-order valence-corrected chi connectivity index (χ1v) is 9.10. The van der Waals surface area contributed by atoms with Gasteiger partial charge in [0.25, 0.3) is 0 Å². The fourth-order valence-corrected chi connectivity index (χ4v) is 3.64. The number of primary amides is 1. The molecule has 2 aromatic heterocycles. The lowest BCUT2D eigenvalue weighted by atomic mass is 9.97. The Morgan fingerprint density at radius 2 is 2.36 bits per heavy atom. The van der Waals surface area contributed by atoms with Crippen LogP contribution in [0.2, 0.25) is 0 Å². The smallest absolute Gasteiger partial charge is 0.231 e. The van der Waals surface area contributed by atoms with Crippen LogP contribution in [0, 0.1) is 5.92 Å². The summed E-state index contributed by atoms with van der Waals surface area (Å²) in [6.07, 6.45) is 2.28. The van der Waals surface area contributed by atoms with Crippen molar-refractivity contribution in [3.8, 4) is 0 Å². The van der Waals surface area contributed by atoms with E-state index in [4.69, 9.17) is 10.3 Å². The zero-order valence-electron chi connectivity index (χ0n) is 13.8. The normalized spacial score (nSPS) is 18.2. The molecule has 0 aromatic carbocycles. The number of carbonyl (C=O) groups excluding carboxylic acids is 2. The van der Waals surface area contributed by atoms with Gasteiger partial charge in [0.15, 0.2) is 5.82 Å².